The van der Waals surface area contributed by atoms with Crippen molar-refractivity contribution in [3.8, 4) is 0 Å². The van der Waals surface area contributed by atoms with Gasteiger partial charge in [0.25, 0.3) is 0 Å². The molecule has 1 aliphatic heterocycles. The second-order valence-corrected chi connectivity index (χ2v) is 6.22. The molecule has 1 heterocycles. The number of carboxylic acids is 2. The lowest BCUT2D eigenvalue weighted by molar-refractivity contribution is -0.154. The van der Waals surface area contributed by atoms with E-state index in [4.69, 9.17) is 10.2 Å². The number of nitrogens with zero attached hydrogens (tertiary/aromatic N) is 1. The van der Waals surface area contributed by atoms with Crippen molar-refractivity contribution in [2.24, 2.45) is 0 Å². The molecule has 0 bridgehead atoms. The molecule has 1 aliphatic rings. The average molecular weight is 265 g/mol. The molecule has 1 fully saturated rings. The molecule has 17 heavy (non-hydrogen) atoms. The van der Waals surface area contributed by atoms with Gasteiger partial charge in [-0.1, -0.05) is 0 Å². The van der Waals surface area contributed by atoms with Gasteiger partial charge >= 0.3 is 11.9 Å². The summed E-state index contributed by atoms with van der Waals surface area (Å²) in [6.07, 6.45) is -1.56. The van der Waals surface area contributed by atoms with Crippen LogP contribution in [0.2, 0.25) is 0 Å². The number of carbonyl (C=O) groups is 3. The van der Waals surface area contributed by atoms with E-state index in [1.165, 1.54) is 0 Å². The minimum absolute atomic E-state index is 0.206. The number of carboxylic acid groups (broad SMARTS) is 2. The van der Waals surface area contributed by atoms with Gasteiger partial charge in [0.05, 0.1) is 6.42 Å². The lowest BCUT2D eigenvalue weighted by Gasteiger charge is -2.33. The van der Waals surface area contributed by atoms with E-state index in [0.29, 0.717) is 0 Å². The van der Waals surface area contributed by atoms with Crippen LogP contribution in [0.25, 0.3) is 0 Å². The zero-order valence-corrected chi connectivity index (χ0v) is 9.67. The highest BCUT2D eigenvalue weighted by Crippen LogP contribution is 2.43. The quantitative estimate of drug-likeness (QED) is 0.557. The van der Waals surface area contributed by atoms with E-state index >= 15 is 0 Å². The lowest BCUT2D eigenvalue weighted by Crippen LogP contribution is -2.50. The van der Waals surface area contributed by atoms with E-state index in [9.17, 15) is 23.8 Å². The molecule has 2 atom stereocenters. The zero-order valence-electron chi connectivity index (χ0n) is 8.77. The first kappa shape index (κ1) is 13.7. The Labute approximate surface area is 96.3 Å². The molecule has 0 aromatic heterocycles. The Kier molecular flexibility index (Phi) is 3.90. The normalized spacial score (nSPS) is 26.6. The summed E-state index contributed by atoms with van der Waals surface area (Å²) in [6, 6.07) is -1.49. The van der Waals surface area contributed by atoms with Crippen LogP contribution < -0.4 is 0 Å². The molecule has 1 saturated heterocycles. The van der Waals surface area contributed by atoms with Crippen molar-refractivity contribution in [2.75, 3.05) is 18.9 Å². The van der Waals surface area contributed by atoms with Crippen molar-refractivity contribution >= 4 is 25.2 Å². The van der Waals surface area contributed by atoms with Gasteiger partial charge in [-0.15, -0.1) is 0 Å². The first-order chi connectivity index (χ1) is 7.73. The van der Waals surface area contributed by atoms with Gasteiger partial charge in [-0.25, -0.2) is 4.79 Å². The third-order valence-electron chi connectivity index (χ3n) is 2.42. The first-order valence-corrected chi connectivity index (χ1v) is 6.81. The molecule has 1 amide bonds. The molecule has 0 saturated carbocycles. The summed E-state index contributed by atoms with van der Waals surface area (Å²) in [6.45, 7) is -0.211. The predicted molar refractivity (Wildman–Crippen MR) is 54.9 cm³/mol. The molecule has 0 radical (unpaired) electrons. The summed E-state index contributed by atoms with van der Waals surface area (Å²) < 4.78 is 11.2. The second kappa shape index (κ2) is 4.85. The fourth-order valence-electron chi connectivity index (χ4n) is 1.60. The van der Waals surface area contributed by atoms with Crippen molar-refractivity contribution in [1.82, 2.24) is 4.90 Å². The van der Waals surface area contributed by atoms with Gasteiger partial charge in [0, 0.05) is 12.7 Å². The van der Waals surface area contributed by atoms with E-state index in [2.05, 4.69) is 0 Å². The number of carbonyl (C=O) groups excluding carboxylic acids is 1. The Hall–Kier alpha value is -1.40. The summed E-state index contributed by atoms with van der Waals surface area (Å²) in [4.78, 5) is 42.9. The second-order valence-electron chi connectivity index (χ2n) is 3.77. The molecule has 0 aromatic carbocycles. The number of aliphatic carboxylic acids is 2. The lowest BCUT2D eigenvalue weighted by atomic mass is 10.1. The predicted octanol–water partition coefficient (Wildman–Crippen LogP) is -0.973. The largest absolute Gasteiger partial charge is 0.481 e. The highest BCUT2D eigenvalue weighted by atomic mass is 31.2. The Morgan fingerprint density at radius 3 is 2.41 bits per heavy atom. The molecule has 0 aromatic rings. The van der Waals surface area contributed by atoms with Gasteiger partial charge < -0.3 is 20.0 Å². The van der Waals surface area contributed by atoms with Crippen LogP contribution in [0.5, 0.6) is 0 Å². The third kappa shape index (κ3) is 3.54. The number of amides is 1. The van der Waals surface area contributed by atoms with Crippen LogP contribution in [0.3, 0.4) is 0 Å². The van der Waals surface area contributed by atoms with Gasteiger partial charge in [-0.3, -0.25) is 14.2 Å². The summed E-state index contributed by atoms with van der Waals surface area (Å²) in [7, 11) is -3.52. The maximum atomic E-state index is 11.5. The Balaban J connectivity index is 2.83. The van der Waals surface area contributed by atoms with Crippen LogP contribution in [-0.2, 0) is 18.9 Å². The van der Waals surface area contributed by atoms with Crippen LogP contribution in [0.15, 0.2) is 0 Å². The molecular formula is C8H12NO7P. The van der Waals surface area contributed by atoms with E-state index < -0.39 is 43.8 Å². The van der Waals surface area contributed by atoms with Crippen molar-refractivity contribution < 1.29 is 34.1 Å². The summed E-state index contributed by atoms with van der Waals surface area (Å²) in [5, 5.41) is 17.4. The van der Waals surface area contributed by atoms with Crippen molar-refractivity contribution in [3.05, 3.63) is 0 Å². The van der Waals surface area contributed by atoms with Gasteiger partial charge in [0.1, 0.15) is 12.2 Å². The molecule has 1 rings (SSSR count). The topological polar surface area (TPSA) is 132 Å². The SMILES string of the molecule is O=C(O)C[C@@H](C(=O)O)N1CCP(=O)(O)CC1=O. The summed E-state index contributed by atoms with van der Waals surface area (Å²) in [5.74, 6) is -3.57. The maximum absolute atomic E-state index is 11.5. The van der Waals surface area contributed by atoms with Crippen LogP contribution in [-0.4, -0.2) is 62.8 Å². The monoisotopic (exact) mass is 265 g/mol. The molecule has 0 spiro atoms. The fraction of sp³-hybridized carbons (Fsp3) is 0.625. The molecule has 9 heteroatoms. The Morgan fingerprint density at radius 1 is 1.41 bits per heavy atom. The van der Waals surface area contributed by atoms with Gasteiger partial charge in [-0.2, -0.15) is 0 Å². The van der Waals surface area contributed by atoms with E-state index in [1.54, 1.807) is 0 Å². The van der Waals surface area contributed by atoms with Crippen LogP contribution in [0, 0.1) is 0 Å². The number of hydrogen-bond acceptors (Lipinski definition) is 4. The zero-order chi connectivity index (χ0) is 13.2. The molecule has 0 aliphatic carbocycles. The molecule has 8 nitrogen and oxygen atoms in total. The van der Waals surface area contributed by atoms with Crippen molar-refractivity contribution in [3.63, 3.8) is 0 Å². The Morgan fingerprint density at radius 2 is 2.00 bits per heavy atom. The first-order valence-electron chi connectivity index (χ1n) is 4.78. The van der Waals surface area contributed by atoms with E-state index in [-0.39, 0.29) is 12.7 Å². The fourth-order valence-corrected chi connectivity index (χ4v) is 2.89. The Bertz CT molecular complexity index is 407. The minimum atomic E-state index is -3.52. The summed E-state index contributed by atoms with van der Waals surface area (Å²) >= 11 is 0. The van der Waals surface area contributed by atoms with E-state index in [1.807, 2.05) is 0 Å². The van der Waals surface area contributed by atoms with Crippen molar-refractivity contribution in [2.45, 2.75) is 12.5 Å². The maximum Gasteiger partial charge on any atom is 0.327 e. The smallest absolute Gasteiger partial charge is 0.327 e. The highest BCUT2D eigenvalue weighted by Gasteiger charge is 2.39. The van der Waals surface area contributed by atoms with Crippen LogP contribution in [0.1, 0.15) is 6.42 Å². The molecule has 1 unspecified atom stereocenters. The number of rotatable bonds is 4. The highest BCUT2D eigenvalue weighted by molar-refractivity contribution is 7.59. The number of hydrogen-bond donors (Lipinski definition) is 3. The summed E-state index contributed by atoms with van der Waals surface area (Å²) in [5.41, 5.74) is 0. The van der Waals surface area contributed by atoms with E-state index in [0.717, 1.165) is 4.90 Å². The van der Waals surface area contributed by atoms with Crippen molar-refractivity contribution in [1.29, 1.82) is 0 Å². The molecular weight excluding hydrogens is 253 g/mol. The third-order valence-corrected chi connectivity index (χ3v) is 4.09. The van der Waals surface area contributed by atoms with Gasteiger partial charge in [0.15, 0.2) is 0 Å². The molecule has 96 valence electrons. The van der Waals surface area contributed by atoms with Crippen LogP contribution in [0.4, 0.5) is 0 Å². The van der Waals surface area contributed by atoms with Gasteiger partial charge in [-0.05, 0) is 0 Å². The standard InChI is InChI=1S/C8H12NO7P/c10-6-4-17(15,16)2-1-9(6)5(8(13)14)3-7(11)12/h5H,1-4H2,(H,11,12)(H,13,14)(H,15,16)/t5-/m0/s1. The average Bonchev–Trinajstić information content (AvgIpc) is 2.13. The van der Waals surface area contributed by atoms with Gasteiger partial charge in [0.2, 0.25) is 13.3 Å². The minimum Gasteiger partial charge on any atom is -0.481 e. The van der Waals surface area contributed by atoms with Crippen LogP contribution >= 0.6 is 7.37 Å². The molecule has 3 N–H and O–H groups in total.